The molecule has 0 aromatic heterocycles. The second kappa shape index (κ2) is 5.51. The van der Waals surface area contributed by atoms with E-state index in [0.29, 0.717) is 6.04 Å². The first-order valence-corrected chi connectivity index (χ1v) is 4.85. The summed E-state index contributed by atoms with van der Waals surface area (Å²) in [4.78, 5) is 2.51. The number of rotatable bonds is 4. The van der Waals surface area contributed by atoms with Gasteiger partial charge < -0.3 is 10.1 Å². The molecule has 1 fully saturated rings. The van der Waals surface area contributed by atoms with Gasteiger partial charge in [-0.3, -0.25) is 4.90 Å². The summed E-state index contributed by atoms with van der Waals surface area (Å²) >= 11 is 0. The molecule has 1 heterocycles. The maximum atomic E-state index is 5.42. The molecular formula is C9H20N2O. The van der Waals surface area contributed by atoms with Crippen molar-refractivity contribution in [3.63, 3.8) is 0 Å². The van der Waals surface area contributed by atoms with Crippen LogP contribution in [0.15, 0.2) is 0 Å². The van der Waals surface area contributed by atoms with Crippen LogP contribution in [0.2, 0.25) is 0 Å². The van der Waals surface area contributed by atoms with Crippen LogP contribution in [0.5, 0.6) is 0 Å². The van der Waals surface area contributed by atoms with Crippen LogP contribution < -0.4 is 5.32 Å². The van der Waals surface area contributed by atoms with Crippen molar-refractivity contribution in [2.75, 3.05) is 39.9 Å². The van der Waals surface area contributed by atoms with Gasteiger partial charge in [0, 0.05) is 25.7 Å². The van der Waals surface area contributed by atoms with Gasteiger partial charge in [-0.25, -0.2) is 0 Å². The predicted molar refractivity (Wildman–Crippen MR) is 50.4 cm³/mol. The van der Waals surface area contributed by atoms with E-state index in [-0.39, 0.29) is 0 Å². The quantitative estimate of drug-likeness (QED) is 0.661. The molecule has 0 bridgehead atoms. The van der Waals surface area contributed by atoms with Crippen molar-refractivity contribution >= 4 is 0 Å². The molecule has 0 amide bonds. The standard InChI is InChI=1S/C9H20N2O/c1-3-9-8-12-7-6-11(9)5-4-10-2/h9-10H,3-8H2,1-2H3. The van der Waals surface area contributed by atoms with Gasteiger partial charge in [0.25, 0.3) is 0 Å². The van der Waals surface area contributed by atoms with Crippen LogP contribution >= 0.6 is 0 Å². The monoisotopic (exact) mass is 172 g/mol. The average molecular weight is 172 g/mol. The van der Waals surface area contributed by atoms with E-state index in [2.05, 4.69) is 17.1 Å². The predicted octanol–water partition coefficient (Wildman–Crippen LogP) is 0.317. The molecule has 1 saturated heterocycles. The fraction of sp³-hybridized carbons (Fsp3) is 1.00. The van der Waals surface area contributed by atoms with E-state index in [1.54, 1.807) is 0 Å². The van der Waals surface area contributed by atoms with E-state index in [1.807, 2.05) is 7.05 Å². The van der Waals surface area contributed by atoms with Crippen molar-refractivity contribution in [1.29, 1.82) is 0 Å². The van der Waals surface area contributed by atoms with Gasteiger partial charge in [0.05, 0.1) is 13.2 Å². The van der Waals surface area contributed by atoms with Crippen LogP contribution in [-0.4, -0.2) is 50.8 Å². The first-order valence-electron chi connectivity index (χ1n) is 4.85. The molecule has 1 unspecified atom stereocenters. The Balaban J connectivity index is 2.26. The number of hydrogen-bond acceptors (Lipinski definition) is 3. The van der Waals surface area contributed by atoms with E-state index < -0.39 is 0 Å². The lowest BCUT2D eigenvalue weighted by molar-refractivity contribution is -0.00764. The molecule has 1 rings (SSSR count). The van der Waals surface area contributed by atoms with Gasteiger partial charge in [-0.05, 0) is 13.5 Å². The van der Waals surface area contributed by atoms with Gasteiger partial charge in [0.1, 0.15) is 0 Å². The minimum atomic E-state index is 0.645. The Bertz CT molecular complexity index is 119. The van der Waals surface area contributed by atoms with E-state index in [0.717, 1.165) is 32.8 Å². The van der Waals surface area contributed by atoms with Crippen molar-refractivity contribution < 1.29 is 4.74 Å². The lowest BCUT2D eigenvalue weighted by atomic mass is 10.2. The van der Waals surface area contributed by atoms with Gasteiger partial charge in [-0.1, -0.05) is 6.92 Å². The molecule has 0 aliphatic carbocycles. The van der Waals surface area contributed by atoms with E-state index in [4.69, 9.17) is 4.74 Å². The van der Waals surface area contributed by atoms with Crippen molar-refractivity contribution in [1.82, 2.24) is 10.2 Å². The Morgan fingerprint density at radius 3 is 3.08 bits per heavy atom. The Hall–Kier alpha value is -0.120. The molecule has 1 aliphatic heterocycles. The van der Waals surface area contributed by atoms with Crippen LogP contribution in [0.25, 0.3) is 0 Å². The summed E-state index contributed by atoms with van der Waals surface area (Å²) in [7, 11) is 2.00. The number of nitrogens with one attached hydrogen (secondary N) is 1. The zero-order valence-electron chi connectivity index (χ0n) is 8.18. The summed E-state index contributed by atoms with van der Waals surface area (Å²) in [5.74, 6) is 0. The highest BCUT2D eigenvalue weighted by Crippen LogP contribution is 2.08. The highest BCUT2D eigenvalue weighted by Gasteiger charge is 2.19. The molecule has 0 radical (unpaired) electrons. The van der Waals surface area contributed by atoms with E-state index in [1.165, 1.54) is 6.42 Å². The second-order valence-electron chi connectivity index (χ2n) is 3.28. The SMILES string of the molecule is CCC1COCCN1CCNC. The van der Waals surface area contributed by atoms with Crippen molar-refractivity contribution in [2.45, 2.75) is 19.4 Å². The fourth-order valence-corrected chi connectivity index (χ4v) is 1.61. The summed E-state index contributed by atoms with van der Waals surface area (Å²) in [5.41, 5.74) is 0. The number of nitrogens with zero attached hydrogens (tertiary/aromatic N) is 1. The summed E-state index contributed by atoms with van der Waals surface area (Å²) in [6.07, 6.45) is 1.20. The minimum absolute atomic E-state index is 0.645. The summed E-state index contributed by atoms with van der Waals surface area (Å²) in [6, 6.07) is 0.645. The van der Waals surface area contributed by atoms with Crippen molar-refractivity contribution in [2.24, 2.45) is 0 Å². The molecule has 12 heavy (non-hydrogen) atoms. The Morgan fingerprint density at radius 1 is 1.58 bits per heavy atom. The molecule has 3 nitrogen and oxygen atoms in total. The number of likely N-dealkylation sites (N-methyl/N-ethyl adjacent to an activating group) is 1. The fourth-order valence-electron chi connectivity index (χ4n) is 1.61. The largest absolute Gasteiger partial charge is 0.378 e. The highest BCUT2D eigenvalue weighted by molar-refractivity contribution is 4.73. The van der Waals surface area contributed by atoms with Crippen molar-refractivity contribution in [3.05, 3.63) is 0 Å². The zero-order valence-corrected chi connectivity index (χ0v) is 8.18. The van der Waals surface area contributed by atoms with E-state index in [9.17, 15) is 0 Å². The molecule has 0 spiro atoms. The molecule has 0 saturated carbocycles. The summed E-state index contributed by atoms with van der Waals surface area (Å²) in [6.45, 7) is 7.38. The van der Waals surface area contributed by atoms with Gasteiger partial charge in [-0.15, -0.1) is 0 Å². The Labute approximate surface area is 75.1 Å². The van der Waals surface area contributed by atoms with Gasteiger partial charge in [0.15, 0.2) is 0 Å². The molecule has 1 N–H and O–H groups in total. The molecule has 1 atom stereocenters. The minimum Gasteiger partial charge on any atom is -0.378 e. The van der Waals surface area contributed by atoms with Crippen LogP contribution in [0.1, 0.15) is 13.3 Å². The average Bonchev–Trinajstić information content (AvgIpc) is 2.15. The maximum Gasteiger partial charge on any atom is 0.0622 e. The topological polar surface area (TPSA) is 24.5 Å². The number of morpholine rings is 1. The third kappa shape index (κ3) is 2.73. The maximum absolute atomic E-state index is 5.42. The lowest BCUT2D eigenvalue weighted by Crippen LogP contribution is -2.47. The molecular weight excluding hydrogens is 152 g/mol. The van der Waals surface area contributed by atoms with E-state index >= 15 is 0 Å². The normalized spacial score (nSPS) is 26.0. The van der Waals surface area contributed by atoms with Gasteiger partial charge in [0.2, 0.25) is 0 Å². The Morgan fingerprint density at radius 2 is 2.42 bits per heavy atom. The smallest absolute Gasteiger partial charge is 0.0622 e. The zero-order chi connectivity index (χ0) is 8.81. The number of hydrogen-bond donors (Lipinski definition) is 1. The highest BCUT2D eigenvalue weighted by atomic mass is 16.5. The first-order chi connectivity index (χ1) is 5.88. The van der Waals surface area contributed by atoms with Gasteiger partial charge in [-0.2, -0.15) is 0 Å². The summed E-state index contributed by atoms with van der Waals surface area (Å²) in [5, 5.41) is 3.18. The van der Waals surface area contributed by atoms with Crippen molar-refractivity contribution in [3.8, 4) is 0 Å². The van der Waals surface area contributed by atoms with Crippen LogP contribution in [0.4, 0.5) is 0 Å². The molecule has 3 heteroatoms. The van der Waals surface area contributed by atoms with Crippen LogP contribution in [0.3, 0.4) is 0 Å². The first kappa shape index (κ1) is 9.96. The van der Waals surface area contributed by atoms with Crippen LogP contribution in [-0.2, 0) is 4.74 Å². The third-order valence-corrected chi connectivity index (χ3v) is 2.47. The molecule has 0 aromatic rings. The molecule has 1 aliphatic rings. The lowest BCUT2D eigenvalue weighted by Gasteiger charge is -2.34. The molecule has 0 aromatic carbocycles. The number of ether oxygens (including phenoxy) is 1. The van der Waals surface area contributed by atoms with Crippen LogP contribution in [0, 0.1) is 0 Å². The van der Waals surface area contributed by atoms with Gasteiger partial charge >= 0.3 is 0 Å². The second-order valence-corrected chi connectivity index (χ2v) is 3.28. The summed E-state index contributed by atoms with van der Waals surface area (Å²) < 4.78 is 5.42. The Kier molecular flexibility index (Phi) is 4.58. The third-order valence-electron chi connectivity index (χ3n) is 2.47. The molecule has 72 valence electrons.